The van der Waals surface area contributed by atoms with E-state index in [-0.39, 0.29) is 22.9 Å². The summed E-state index contributed by atoms with van der Waals surface area (Å²) in [5.74, 6) is 1.40. The van der Waals surface area contributed by atoms with E-state index in [0.29, 0.717) is 39.7 Å². The van der Waals surface area contributed by atoms with Crippen LogP contribution in [0.25, 0.3) is 28.0 Å². The van der Waals surface area contributed by atoms with E-state index in [4.69, 9.17) is 15.5 Å². The number of nitrogens with one attached hydrogen (secondary N) is 1. The molecule has 5 aromatic rings. The number of nitrogens with two attached hydrogens (primary N) is 1. The van der Waals surface area contributed by atoms with Crippen molar-refractivity contribution in [2.75, 3.05) is 18.2 Å². The van der Waals surface area contributed by atoms with Crippen LogP contribution < -0.4 is 21.3 Å². The number of para-hydroxylation sites is 1. The second-order valence-electron chi connectivity index (χ2n) is 8.04. The predicted octanol–water partition coefficient (Wildman–Crippen LogP) is 3.27. The van der Waals surface area contributed by atoms with Crippen molar-refractivity contribution in [1.29, 1.82) is 5.26 Å². The van der Waals surface area contributed by atoms with Gasteiger partial charge in [0.05, 0.1) is 35.9 Å². The Labute approximate surface area is 211 Å². The van der Waals surface area contributed by atoms with E-state index in [9.17, 15) is 10.1 Å². The average Bonchev–Trinajstić information content (AvgIpc) is 2.93. The molecule has 0 bridgehead atoms. The van der Waals surface area contributed by atoms with E-state index in [1.165, 1.54) is 17.9 Å². The smallest absolute Gasteiger partial charge is 0.266 e. The number of ether oxygens (including phenoxy) is 1. The molecule has 0 unspecified atom stereocenters. The van der Waals surface area contributed by atoms with E-state index >= 15 is 0 Å². The zero-order chi connectivity index (χ0) is 25.9. The van der Waals surface area contributed by atoms with Crippen LogP contribution in [0.2, 0.25) is 0 Å². The number of nitriles is 1. The van der Waals surface area contributed by atoms with Gasteiger partial charge in [0.25, 0.3) is 5.56 Å². The van der Waals surface area contributed by atoms with Crippen LogP contribution in [-0.2, 0) is 0 Å². The Morgan fingerprint density at radius 3 is 2.62 bits per heavy atom. The first-order chi connectivity index (χ1) is 18.0. The van der Waals surface area contributed by atoms with Crippen LogP contribution in [0.5, 0.6) is 5.88 Å². The molecule has 1 atom stereocenters. The lowest BCUT2D eigenvalue weighted by molar-refractivity contribution is 0.397. The Bertz CT molecular complexity index is 1710. The molecule has 0 saturated heterocycles. The van der Waals surface area contributed by atoms with Crippen LogP contribution in [0.1, 0.15) is 24.4 Å². The Morgan fingerprint density at radius 1 is 1.05 bits per heavy atom. The topological polar surface area (TPSA) is 158 Å². The quantitative estimate of drug-likeness (QED) is 0.361. The van der Waals surface area contributed by atoms with Gasteiger partial charge in [0.15, 0.2) is 5.82 Å². The molecule has 2 aromatic carbocycles. The first-order valence-corrected chi connectivity index (χ1v) is 11.3. The summed E-state index contributed by atoms with van der Waals surface area (Å²) in [6.45, 7) is 1.82. The van der Waals surface area contributed by atoms with Gasteiger partial charge in [0, 0.05) is 17.8 Å². The summed E-state index contributed by atoms with van der Waals surface area (Å²) < 4.78 is 6.77. The maximum atomic E-state index is 14.1. The van der Waals surface area contributed by atoms with Crippen LogP contribution in [-0.4, -0.2) is 36.6 Å². The summed E-state index contributed by atoms with van der Waals surface area (Å²) in [7, 11) is 1.52. The van der Waals surface area contributed by atoms with Gasteiger partial charge in [-0.15, -0.1) is 0 Å². The Balaban J connectivity index is 1.74. The first-order valence-electron chi connectivity index (χ1n) is 11.3. The largest absolute Gasteiger partial charge is 0.481 e. The summed E-state index contributed by atoms with van der Waals surface area (Å²) in [6, 6.07) is 17.6. The highest BCUT2D eigenvalue weighted by Crippen LogP contribution is 2.27. The van der Waals surface area contributed by atoms with E-state index in [1.54, 1.807) is 30.5 Å². The predicted molar refractivity (Wildman–Crippen MR) is 138 cm³/mol. The molecule has 3 aromatic heterocycles. The number of rotatable bonds is 6. The summed E-state index contributed by atoms with van der Waals surface area (Å²) in [5, 5.41) is 13.0. The SMILES string of the molecule is COc1ccnc(-c2cccc3nc([C@H](C)Nc4nc(N)ncc4C#N)n(-c4ccccc4)c(=O)c23)n1. The van der Waals surface area contributed by atoms with Crippen molar-refractivity contribution in [2.45, 2.75) is 13.0 Å². The number of aromatic nitrogens is 6. The normalized spacial score (nSPS) is 11.6. The molecule has 11 heteroatoms. The zero-order valence-electron chi connectivity index (χ0n) is 20.0. The highest BCUT2D eigenvalue weighted by atomic mass is 16.5. The standard InChI is InChI=1S/C26H21N9O2/c1-15(31-22-16(13-27)14-30-26(28)34-22)24-32-19-10-6-9-18(23-29-12-11-20(33-23)37-2)21(19)25(36)35(24)17-7-4-3-5-8-17/h3-12,14-15H,1-2H3,(H3,28,30,31,34)/t15-/m0/s1. The lowest BCUT2D eigenvalue weighted by atomic mass is 10.1. The van der Waals surface area contributed by atoms with Crippen LogP contribution >= 0.6 is 0 Å². The third-order valence-corrected chi connectivity index (χ3v) is 5.69. The lowest BCUT2D eigenvalue weighted by Gasteiger charge is -2.21. The van der Waals surface area contributed by atoms with Crippen molar-refractivity contribution in [3.63, 3.8) is 0 Å². The van der Waals surface area contributed by atoms with Gasteiger partial charge in [0.1, 0.15) is 23.3 Å². The lowest BCUT2D eigenvalue weighted by Crippen LogP contribution is -2.28. The highest BCUT2D eigenvalue weighted by Gasteiger charge is 2.22. The van der Waals surface area contributed by atoms with E-state index < -0.39 is 6.04 Å². The van der Waals surface area contributed by atoms with Gasteiger partial charge in [-0.3, -0.25) is 9.36 Å². The molecule has 37 heavy (non-hydrogen) atoms. The van der Waals surface area contributed by atoms with Crippen LogP contribution in [0.4, 0.5) is 11.8 Å². The maximum Gasteiger partial charge on any atom is 0.266 e. The van der Waals surface area contributed by atoms with Crippen molar-refractivity contribution in [1.82, 2.24) is 29.5 Å². The average molecular weight is 492 g/mol. The second kappa shape index (κ2) is 9.71. The number of nitrogens with zero attached hydrogens (tertiary/aromatic N) is 7. The molecule has 0 amide bonds. The minimum Gasteiger partial charge on any atom is -0.481 e. The summed E-state index contributed by atoms with van der Waals surface area (Å²) in [6.07, 6.45) is 2.92. The Kier molecular flexibility index (Phi) is 6.13. The van der Waals surface area contributed by atoms with Gasteiger partial charge >= 0.3 is 0 Å². The number of hydrogen-bond donors (Lipinski definition) is 2. The maximum absolute atomic E-state index is 14.1. The van der Waals surface area contributed by atoms with Crippen LogP contribution in [0.3, 0.4) is 0 Å². The fraction of sp³-hybridized carbons (Fsp3) is 0.115. The fourth-order valence-electron chi connectivity index (χ4n) is 3.99. The molecule has 0 saturated carbocycles. The third-order valence-electron chi connectivity index (χ3n) is 5.69. The molecule has 0 aliphatic rings. The monoisotopic (exact) mass is 491 g/mol. The highest BCUT2D eigenvalue weighted by molar-refractivity contribution is 5.92. The molecule has 3 heterocycles. The van der Waals surface area contributed by atoms with Gasteiger partial charge in [-0.2, -0.15) is 15.2 Å². The van der Waals surface area contributed by atoms with E-state index in [1.807, 2.05) is 43.3 Å². The van der Waals surface area contributed by atoms with E-state index in [0.717, 1.165) is 0 Å². The zero-order valence-corrected chi connectivity index (χ0v) is 20.0. The van der Waals surface area contributed by atoms with Crippen LogP contribution in [0.15, 0.2) is 71.8 Å². The first kappa shape index (κ1) is 23.4. The summed E-state index contributed by atoms with van der Waals surface area (Å²) in [4.78, 5) is 35.8. The number of benzene rings is 2. The number of hydrogen-bond acceptors (Lipinski definition) is 10. The molecule has 0 aliphatic carbocycles. The number of fused-ring (bicyclic) bond motifs is 1. The molecule has 0 fully saturated rings. The van der Waals surface area contributed by atoms with E-state index in [2.05, 4.69) is 25.3 Å². The number of methoxy groups -OCH3 is 1. The molecule has 0 radical (unpaired) electrons. The van der Waals surface area contributed by atoms with Crippen molar-refractivity contribution in [2.24, 2.45) is 0 Å². The fourth-order valence-corrected chi connectivity index (χ4v) is 3.99. The summed E-state index contributed by atoms with van der Waals surface area (Å²) in [5.41, 5.74) is 7.27. The van der Waals surface area contributed by atoms with Crippen molar-refractivity contribution >= 4 is 22.7 Å². The molecular formula is C26H21N9O2. The van der Waals surface area contributed by atoms with Crippen LogP contribution in [0, 0.1) is 11.3 Å². The minimum absolute atomic E-state index is 0.0172. The molecule has 3 N–H and O–H groups in total. The molecule has 182 valence electrons. The van der Waals surface area contributed by atoms with Gasteiger partial charge in [0.2, 0.25) is 11.8 Å². The van der Waals surface area contributed by atoms with Crippen molar-refractivity contribution < 1.29 is 4.74 Å². The van der Waals surface area contributed by atoms with Crippen molar-refractivity contribution in [3.8, 4) is 29.0 Å². The van der Waals surface area contributed by atoms with Gasteiger partial charge in [-0.05, 0) is 25.1 Å². The Hall–Kier alpha value is -5.37. The molecular weight excluding hydrogens is 470 g/mol. The van der Waals surface area contributed by atoms with Gasteiger partial charge < -0.3 is 15.8 Å². The van der Waals surface area contributed by atoms with Gasteiger partial charge in [-0.1, -0.05) is 30.3 Å². The Morgan fingerprint density at radius 2 is 1.86 bits per heavy atom. The minimum atomic E-state index is -0.546. The molecule has 11 nitrogen and oxygen atoms in total. The molecule has 5 rings (SSSR count). The number of nitrogen functional groups attached to an aromatic ring is 1. The molecule has 0 aliphatic heterocycles. The molecule has 0 spiro atoms. The van der Waals surface area contributed by atoms with Crippen molar-refractivity contribution in [3.05, 3.63) is 88.7 Å². The van der Waals surface area contributed by atoms with Gasteiger partial charge in [-0.25, -0.2) is 15.0 Å². The second-order valence-corrected chi connectivity index (χ2v) is 8.04. The third kappa shape index (κ3) is 4.39. The number of anilines is 2. The summed E-state index contributed by atoms with van der Waals surface area (Å²) >= 11 is 0.